The van der Waals surface area contributed by atoms with Gasteiger partial charge in [0.05, 0.1) is 34.5 Å². The van der Waals surface area contributed by atoms with Gasteiger partial charge in [0.1, 0.15) is 17.9 Å². The van der Waals surface area contributed by atoms with Crippen LogP contribution < -0.4 is 5.32 Å². The SMILES string of the molecule is CC(O)(CC(O)Nc1nc2ccc(C#N)cc2n1-c1ccc(F)cn1)c1ccccc1. The Morgan fingerprint density at radius 1 is 1.19 bits per heavy atom. The largest absolute Gasteiger partial charge is 0.385 e. The summed E-state index contributed by atoms with van der Waals surface area (Å²) in [5.41, 5.74) is 0.947. The average Bonchev–Trinajstić information content (AvgIpc) is 3.11. The molecule has 0 aliphatic rings. The van der Waals surface area contributed by atoms with Crippen LogP contribution in [0, 0.1) is 17.1 Å². The fourth-order valence-corrected chi connectivity index (χ4v) is 3.47. The molecule has 0 aliphatic carbocycles. The summed E-state index contributed by atoms with van der Waals surface area (Å²) in [6.07, 6.45) is -0.0855. The van der Waals surface area contributed by atoms with E-state index in [9.17, 15) is 19.9 Å². The van der Waals surface area contributed by atoms with Gasteiger partial charge in [-0.1, -0.05) is 30.3 Å². The van der Waals surface area contributed by atoms with E-state index in [2.05, 4.69) is 21.4 Å². The number of anilines is 1. The number of nitriles is 1. The van der Waals surface area contributed by atoms with Gasteiger partial charge in [-0.2, -0.15) is 5.26 Å². The van der Waals surface area contributed by atoms with Gasteiger partial charge in [-0.05, 0) is 42.8 Å². The molecule has 0 saturated carbocycles. The summed E-state index contributed by atoms with van der Waals surface area (Å²) in [6.45, 7) is 1.62. The number of imidazole rings is 1. The predicted octanol–water partition coefficient (Wildman–Crippen LogP) is 3.46. The molecule has 0 aliphatic heterocycles. The standard InChI is InChI=1S/C23H20FN5O2/c1-23(31,16-5-3-2-4-6-16)12-21(30)28-22-27-18-9-7-15(13-25)11-19(18)29(22)20-10-8-17(24)14-26-20/h2-11,14,21,30-31H,12H2,1H3,(H,27,28). The highest BCUT2D eigenvalue weighted by molar-refractivity contribution is 5.82. The van der Waals surface area contributed by atoms with E-state index in [4.69, 9.17) is 0 Å². The van der Waals surface area contributed by atoms with Crippen LogP contribution in [0.4, 0.5) is 10.3 Å². The van der Waals surface area contributed by atoms with E-state index in [-0.39, 0.29) is 12.4 Å². The van der Waals surface area contributed by atoms with Gasteiger partial charge in [0.2, 0.25) is 5.95 Å². The smallest absolute Gasteiger partial charge is 0.211 e. The highest BCUT2D eigenvalue weighted by atomic mass is 19.1. The first-order valence-corrected chi connectivity index (χ1v) is 9.64. The van der Waals surface area contributed by atoms with Gasteiger partial charge in [-0.3, -0.25) is 4.57 Å². The highest BCUT2D eigenvalue weighted by Gasteiger charge is 2.27. The van der Waals surface area contributed by atoms with Gasteiger partial charge >= 0.3 is 0 Å². The minimum absolute atomic E-state index is 0.0134. The van der Waals surface area contributed by atoms with Gasteiger partial charge in [-0.25, -0.2) is 14.4 Å². The summed E-state index contributed by atoms with van der Waals surface area (Å²) in [7, 11) is 0. The van der Waals surface area contributed by atoms with Gasteiger partial charge in [0, 0.05) is 6.42 Å². The summed E-state index contributed by atoms with van der Waals surface area (Å²) in [6, 6.07) is 18.8. The zero-order valence-corrected chi connectivity index (χ0v) is 16.7. The molecular weight excluding hydrogens is 397 g/mol. The lowest BCUT2D eigenvalue weighted by atomic mass is 9.92. The minimum Gasteiger partial charge on any atom is -0.385 e. The number of hydrogen-bond acceptors (Lipinski definition) is 6. The van der Waals surface area contributed by atoms with Crippen LogP contribution >= 0.6 is 0 Å². The topological polar surface area (TPSA) is 107 Å². The molecule has 3 N–H and O–H groups in total. The Balaban J connectivity index is 1.70. The van der Waals surface area contributed by atoms with Crippen LogP contribution in [0.25, 0.3) is 16.9 Å². The molecule has 0 fully saturated rings. The average molecular weight is 417 g/mol. The molecule has 0 saturated heterocycles. The van der Waals surface area contributed by atoms with E-state index in [0.29, 0.717) is 28.0 Å². The lowest BCUT2D eigenvalue weighted by Crippen LogP contribution is -2.32. The van der Waals surface area contributed by atoms with Gasteiger partial charge in [0.15, 0.2) is 0 Å². The summed E-state index contributed by atoms with van der Waals surface area (Å²) >= 11 is 0. The molecule has 0 amide bonds. The third kappa shape index (κ3) is 4.23. The maximum atomic E-state index is 13.4. The number of rotatable bonds is 6. The van der Waals surface area contributed by atoms with Crippen molar-refractivity contribution in [3.8, 4) is 11.9 Å². The van der Waals surface area contributed by atoms with Crippen LogP contribution in [0.1, 0.15) is 24.5 Å². The molecule has 4 rings (SSSR count). The lowest BCUT2D eigenvalue weighted by molar-refractivity contribution is 0.00792. The van der Waals surface area contributed by atoms with E-state index in [0.717, 1.165) is 6.20 Å². The van der Waals surface area contributed by atoms with Crippen LogP contribution in [-0.2, 0) is 5.60 Å². The minimum atomic E-state index is -1.29. The fourth-order valence-electron chi connectivity index (χ4n) is 3.47. The van der Waals surface area contributed by atoms with Gasteiger partial charge in [-0.15, -0.1) is 0 Å². The molecule has 0 radical (unpaired) electrons. The molecule has 0 spiro atoms. The Labute approximate surface area is 178 Å². The normalized spacial score (nSPS) is 14.0. The molecule has 7 nitrogen and oxygen atoms in total. The monoisotopic (exact) mass is 417 g/mol. The number of aliphatic hydroxyl groups excluding tert-OH is 1. The van der Waals surface area contributed by atoms with Gasteiger partial charge in [0.25, 0.3) is 0 Å². The van der Waals surface area contributed by atoms with E-state index in [1.807, 2.05) is 18.2 Å². The number of hydrogen-bond donors (Lipinski definition) is 3. The summed E-state index contributed by atoms with van der Waals surface area (Å²) in [5, 5.41) is 33.7. The molecule has 2 aromatic heterocycles. The zero-order valence-electron chi connectivity index (χ0n) is 16.7. The molecular formula is C23H20FN5O2. The van der Waals surface area contributed by atoms with Crippen molar-refractivity contribution in [2.45, 2.75) is 25.2 Å². The number of nitrogens with zero attached hydrogens (tertiary/aromatic N) is 4. The Kier molecular flexibility index (Phi) is 5.38. The van der Waals surface area contributed by atoms with Crippen molar-refractivity contribution in [2.24, 2.45) is 0 Å². The summed E-state index contributed by atoms with van der Waals surface area (Å²) < 4.78 is 15.0. The third-order valence-corrected chi connectivity index (χ3v) is 5.01. The fraction of sp³-hybridized carbons (Fsp3) is 0.174. The van der Waals surface area contributed by atoms with Crippen molar-refractivity contribution >= 4 is 17.0 Å². The number of nitrogens with one attached hydrogen (secondary N) is 1. The van der Waals surface area contributed by atoms with E-state index >= 15 is 0 Å². The van der Waals surface area contributed by atoms with E-state index in [1.165, 1.54) is 12.1 Å². The second-order valence-electron chi connectivity index (χ2n) is 7.42. The predicted molar refractivity (Wildman–Crippen MR) is 114 cm³/mol. The molecule has 2 aromatic carbocycles. The Morgan fingerprint density at radius 3 is 2.65 bits per heavy atom. The molecule has 31 heavy (non-hydrogen) atoms. The van der Waals surface area contributed by atoms with E-state index < -0.39 is 17.6 Å². The first kappa shape index (κ1) is 20.5. The lowest BCUT2D eigenvalue weighted by Gasteiger charge is -2.27. The van der Waals surface area contributed by atoms with Crippen molar-refractivity contribution in [1.82, 2.24) is 14.5 Å². The Morgan fingerprint density at radius 2 is 1.97 bits per heavy atom. The van der Waals surface area contributed by atoms with Crippen LogP contribution in [-0.4, -0.2) is 31.0 Å². The van der Waals surface area contributed by atoms with Crippen molar-refractivity contribution in [3.63, 3.8) is 0 Å². The zero-order chi connectivity index (χ0) is 22.0. The molecule has 0 bridgehead atoms. The second kappa shape index (κ2) is 8.14. The Hall–Kier alpha value is -3.80. The van der Waals surface area contributed by atoms with Crippen LogP contribution in [0.15, 0.2) is 66.9 Å². The number of fused-ring (bicyclic) bond motifs is 1. The quantitative estimate of drug-likeness (QED) is 0.415. The maximum Gasteiger partial charge on any atom is 0.211 e. The van der Waals surface area contributed by atoms with Crippen LogP contribution in [0.2, 0.25) is 0 Å². The number of halogens is 1. The second-order valence-corrected chi connectivity index (χ2v) is 7.42. The third-order valence-electron chi connectivity index (χ3n) is 5.01. The number of pyridine rings is 1. The van der Waals surface area contributed by atoms with Crippen molar-refractivity contribution < 1.29 is 14.6 Å². The first-order valence-electron chi connectivity index (χ1n) is 9.64. The molecule has 2 unspecified atom stereocenters. The summed E-state index contributed by atoms with van der Waals surface area (Å²) in [5.74, 6) is 0.128. The van der Waals surface area contributed by atoms with Gasteiger partial charge < -0.3 is 15.5 Å². The summed E-state index contributed by atoms with van der Waals surface area (Å²) in [4.78, 5) is 8.61. The first-order chi connectivity index (χ1) is 14.9. The Bertz CT molecular complexity index is 1250. The number of aromatic nitrogens is 3. The highest BCUT2D eigenvalue weighted by Crippen LogP contribution is 2.29. The van der Waals surface area contributed by atoms with Crippen molar-refractivity contribution in [3.05, 3.63) is 83.8 Å². The number of benzene rings is 2. The van der Waals surface area contributed by atoms with Crippen LogP contribution in [0.3, 0.4) is 0 Å². The maximum absolute atomic E-state index is 13.4. The molecule has 4 aromatic rings. The van der Waals surface area contributed by atoms with Crippen molar-refractivity contribution in [1.29, 1.82) is 5.26 Å². The molecule has 156 valence electrons. The molecule has 8 heteroatoms. The molecule has 2 atom stereocenters. The van der Waals surface area contributed by atoms with Crippen LogP contribution in [0.5, 0.6) is 0 Å². The molecule has 2 heterocycles. The van der Waals surface area contributed by atoms with E-state index in [1.54, 1.807) is 41.8 Å². The number of aliphatic hydroxyl groups is 2. The van der Waals surface area contributed by atoms with Crippen molar-refractivity contribution in [2.75, 3.05) is 5.32 Å².